The summed E-state index contributed by atoms with van der Waals surface area (Å²) in [7, 11) is 1.57. The summed E-state index contributed by atoms with van der Waals surface area (Å²) in [6.07, 6.45) is -0.117. The van der Waals surface area contributed by atoms with Gasteiger partial charge in [-0.2, -0.15) is 0 Å². The predicted molar refractivity (Wildman–Crippen MR) is 110 cm³/mol. The third-order valence-electron chi connectivity index (χ3n) is 5.10. The van der Waals surface area contributed by atoms with Crippen molar-refractivity contribution >= 4 is 23.4 Å². The van der Waals surface area contributed by atoms with Gasteiger partial charge < -0.3 is 20.3 Å². The lowest BCUT2D eigenvalue weighted by atomic mass is 10.0. The summed E-state index contributed by atoms with van der Waals surface area (Å²) < 4.78 is 5.10. The van der Waals surface area contributed by atoms with E-state index in [1.807, 2.05) is 26.0 Å². The van der Waals surface area contributed by atoms with Gasteiger partial charge in [0.25, 0.3) is 5.91 Å². The molecule has 7 heteroatoms. The van der Waals surface area contributed by atoms with Gasteiger partial charge >= 0.3 is 0 Å². The minimum Gasteiger partial charge on any atom is -0.497 e. The average Bonchev–Trinajstić information content (AvgIpc) is 2.71. The minimum atomic E-state index is -0.851. The van der Waals surface area contributed by atoms with Gasteiger partial charge in [0.15, 0.2) is 0 Å². The van der Waals surface area contributed by atoms with Crippen molar-refractivity contribution in [1.29, 1.82) is 0 Å². The van der Waals surface area contributed by atoms with Gasteiger partial charge in [-0.25, -0.2) is 0 Å². The second-order valence-corrected chi connectivity index (χ2v) is 7.09. The molecule has 1 aliphatic heterocycles. The van der Waals surface area contributed by atoms with Crippen LogP contribution in [-0.4, -0.2) is 48.9 Å². The SMILES string of the molecule is COc1ccc(NC(=O)C[C@@H]2C(=O)NCCN2C(=O)c2ccc(C)c(C)c2)cc1. The maximum atomic E-state index is 13.0. The zero-order valence-electron chi connectivity index (χ0n) is 16.8. The van der Waals surface area contributed by atoms with Crippen LogP contribution in [0.5, 0.6) is 5.75 Å². The topological polar surface area (TPSA) is 87.7 Å². The maximum absolute atomic E-state index is 13.0. The molecule has 0 radical (unpaired) electrons. The molecular weight excluding hydrogens is 370 g/mol. The highest BCUT2D eigenvalue weighted by molar-refractivity contribution is 6.01. The van der Waals surface area contributed by atoms with E-state index in [2.05, 4.69) is 10.6 Å². The van der Waals surface area contributed by atoms with E-state index < -0.39 is 6.04 Å². The summed E-state index contributed by atoms with van der Waals surface area (Å²) in [6, 6.07) is 11.5. The molecule has 152 valence electrons. The lowest BCUT2D eigenvalue weighted by Crippen LogP contribution is -2.58. The van der Waals surface area contributed by atoms with Crippen LogP contribution < -0.4 is 15.4 Å². The highest BCUT2D eigenvalue weighted by Gasteiger charge is 2.35. The number of benzene rings is 2. The molecular formula is C22H25N3O4. The summed E-state index contributed by atoms with van der Waals surface area (Å²) in [4.78, 5) is 39.5. The van der Waals surface area contributed by atoms with E-state index in [1.54, 1.807) is 37.4 Å². The van der Waals surface area contributed by atoms with Crippen molar-refractivity contribution in [3.05, 3.63) is 59.2 Å². The van der Waals surface area contributed by atoms with Gasteiger partial charge in [-0.1, -0.05) is 6.07 Å². The number of hydrogen-bond donors (Lipinski definition) is 2. The zero-order chi connectivity index (χ0) is 21.0. The first-order valence-electron chi connectivity index (χ1n) is 9.49. The van der Waals surface area contributed by atoms with Crippen molar-refractivity contribution in [2.45, 2.75) is 26.3 Å². The molecule has 29 heavy (non-hydrogen) atoms. The standard InChI is InChI=1S/C22H25N3O4/c1-14-4-5-16(12-15(14)2)22(28)25-11-10-23-21(27)19(25)13-20(26)24-17-6-8-18(29-3)9-7-17/h4-9,12,19H,10-11,13H2,1-3H3,(H,23,27)(H,24,26)/t19-/m1/s1. The highest BCUT2D eigenvalue weighted by atomic mass is 16.5. The number of ether oxygens (including phenoxy) is 1. The molecule has 0 saturated carbocycles. The number of amides is 3. The number of nitrogens with one attached hydrogen (secondary N) is 2. The van der Waals surface area contributed by atoms with Crippen LogP contribution in [-0.2, 0) is 9.59 Å². The highest BCUT2D eigenvalue weighted by Crippen LogP contribution is 2.19. The number of methoxy groups -OCH3 is 1. The van der Waals surface area contributed by atoms with Crippen molar-refractivity contribution in [2.24, 2.45) is 0 Å². The van der Waals surface area contributed by atoms with Gasteiger partial charge in [0.1, 0.15) is 11.8 Å². The number of carbonyl (C=O) groups is 3. The van der Waals surface area contributed by atoms with Crippen molar-refractivity contribution in [2.75, 3.05) is 25.5 Å². The van der Waals surface area contributed by atoms with Crippen LogP contribution in [0.4, 0.5) is 5.69 Å². The van der Waals surface area contributed by atoms with Crippen LogP contribution in [0.15, 0.2) is 42.5 Å². The summed E-state index contributed by atoms with van der Waals surface area (Å²) in [5, 5.41) is 5.51. The monoisotopic (exact) mass is 395 g/mol. The summed E-state index contributed by atoms with van der Waals surface area (Å²) in [6.45, 7) is 4.64. The molecule has 1 saturated heterocycles. The van der Waals surface area contributed by atoms with Gasteiger partial charge in [0, 0.05) is 24.3 Å². The number of anilines is 1. The molecule has 1 aliphatic rings. The minimum absolute atomic E-state index is 0.117. The fraction of sp³-hybridized carbons (Fsp3) is 0.318. The van der Waals surface area contributed by atoms with Crippen molar-refractivity contribution in [1.82, 2.24) is 10.2 Å². The van der Waals surface area contributed by atoms with E-state index in [1.165, 1.54) is 4.90 Å². The van der Waals surface area contributed by atoms with Gasteiger partial charge in [0.05, 0.1) is 13.5 Å². The Bertz CT molecular complexity index is 924. The maximum Gasteiger partial charge on any atom is 0.254 e. The van der Waals surface area contributed by atoms with Crippen molar-refractivity contribution in [3.8, 4) is 5.75 Å². The van der Waals surface area contributed by atoms with Gasteiger partial charge in [0.2, 0.25) is 11.8 Å². The fourth-order valence-electron chi connectivity index (χ4n) is 3.26. The lowest BCUT2D eigenvalue weighted by Gasteiger charge is -2.35. The Labute approximate surface area is 170 Å². The molecule has 1 heterocycles. The van der Waals surface area contributed by atoms with E-state index in [-0.39, 0.29) is 24.1 Å². The number of aryl methyl sites for hydroxylation is 2. The van der Waals surface area contributed by atoms with E-state index >= 15 is 0 Å². The third kappa shape index (κ3) is 4.74. The summed E-state index contributed by atoms with van der Waals surface area (Å²) >= 11 is 0. The Hall–Kier alpha value is -3.35. The summed E-state index contributed by atoms with van der Waals surface area (Å²) in [5.41, 5.74) is 3.21. The number of carbonyl (C=O) groups excluding carboxylic acids is 3. The largest absolute Gasteiger partial charge is 0.497 e. The zero-order valence-corrected chi connectivity index (χ0v) is 16.8. The third-order valence-corrected chi connectivity index (χ3v) is 5.10. The van der Waals surface area contributed by atoms with E-state index in [9.17, 15) is 14.4 Å². The number of nitrogens with zero attached hydrogens (tertiary/aromatic N) is 1. The van der Waals surface area contributed by atoms with E-state index in [4.69, 9.17) is 4.74 Å². The first kappa shape index (κ1) is 20.4. The van der Waals surface area contributed by atoms with E-state index in [0.29, 0.717) is 30.1 Å². The second kappa shape index (κ2) is 8.77. The molecule has 2 aromatic rings. The van der Waals surface area contributed by atoms with E-state index in [0.717, 1.165) is 11.1 Å². The molecule has 7 nitrogen and oxygen atoms in total. The first-order valence-corrected chi connectivity index (χ1v) is 9.49. The Morgan fingerprint density at radius 3 is 2.52 bits per heavy atom. The van der Waals surface area contributed by atoms with Crippen LogP contribution in [0, 0.1) is 13.8 Å². The Morgan fingerprint density at radius 1 is 1.14 bits per heavy atom. The average molecular weight is 395 g/mol. The molecule has 0 aromatic heterocycles. The summed E-state index contributed by atoms with van der Waals surface area (Å²) in [5.74, 6) is -0.224. The Balaban J connectivity index is 1.73. The quantitative estimate of drug-likeness (QED) is 0.813. The first-order chi connectivity index (χ1) is 13.9. The van der Waals surface area contributed by atoms with Crippen LogP contribution in [0.3, 0.4) is 0 Å². The van der Waals surface area contributed by atoms with Crippen molar-refractivity contribution < 1.29 is 19.1 Å². The van der Waals surface area contributed by atoms with Gasteiger partial charge in [-0.05, 0) is 61.4 Å². The van der Waals surface area contributed by atoms with Crippen LogP contribution in [0.2, 0.25) is 0 Å². The molecule has 3 rings (SSSR count). The molecule has 3 amide bonds. The second-order valence-electron chi connectivity index (χ2n) is 7.09. The molecule has 0 bridgehead atoms. The molecule has 1 fully saturated rings. The normalized spacial score (nSPS) is 16.2. The smallest absolute Gasteiger partial charge is 0.254 e. The van der Waals surface area contributed by atoms with Crippen LogP contribution in [0.25, 0.3) is 0 Å². The van der Waals surface area contributed by atoms with Crippen LogP contribution >= 0.6 is 0 Å². The van der Waals surface area contributed by atoms with Crippen molar-refractivity contribution in [3.63, 3.8) is 0 Å². The number of rotatable bonds is 5. The molecule has 1 atom stereocenters. The molecule has 0 unspecified atom stereocenters. The molecule has 0 spiro atoms. The van der Waals surface area contributed by atoms with Gasteiger partial charge in [-0.15, -0.1) is 0 Å². The molecule has 2 N–H and O–H groups in total. The Kier molecular flexibility index (Phi) is 6.16. The number of piperazine rings is 1. The Morgan fingerprint density at radius 2 is 1.86 bits per heavy atom. The molecule has 0 aliphatic carbocycles. The fourth-order valence-corrected chi connectivity index (χ4v) is 3.26. The number of hydrogen-bond acceptors (Lipinski definition) is 4. The van der Waals surface area contributed by atoms with Gasteiger partial charge in [-0.3, -0.25) is 14.4 Å². The predicted octanol–water partition coefficient (Wildman–Crippen LogP) is 2.28. The van der Waals surface area contributed by atoms with Crippen LogP contribution in [0.1, 0.15) is 27.9 Å². The molecule has 2 aromatic carbocycles. The lowest BCUT2D eigenvalue weighted by molar-refractivity contribution is -0.131.